The highest BCUT2D eigenvalue weighted by molar-refractivity contribution is 6.05. The second-order valence-electron chi connectivity index (χ2n) is 4.77. The number of nitrogens with zero attached hydrogens (tertiary/aromatic N) is 1. The summed E-state index contributed by atoms with van der Waals surface area (Å²) in [7, 11) is 0. The van der Waals surface area contributed by atoms with E-state index >= 15 is 0 Å². The molecule has 0 saturated carbocycles. The molecular weight excluding hydrogens is 260 g/mol. The number of benzene rings is 2. The van der Waals surface area contributed by atoms with Crippen LogP contribution in [0.4, 0.5) is 11.4 Å². The molecule has 2 aromatic carbocycles. The Bertz CT molecular complexity index is 695. The van der Waals surface area contributed by atoms with Crippen molar-refractivity contribution in [1.82, 2.24) is 0 Å². The topological polar surface area (TPSA) is 92.5 Å². The summed E-state index contributed by atoms with van der Waals surface area (Å²) >= 11 is 0. The first-order chi connectivity index (χ1) is 9.40. The summed E-state index contributed by atoms with van der Waals surface area (Å²) in [5.41, 5.74) is 0.224. The standard InChI is InChI=1S/C14H14N2O4/c1-8(2)14(18)15-12-5-3-4-10-11(12)6-9(16(19)20)7-13(10)17/h3-8,17H,1-2H3,(H,15,18). The Morgan fingerprint density at radius 1 is 1.30 bits per heavy atom. The largest absolute Gasteiger partial charge is 0.507 e. The molecule has 2 N–H and O–H groups in total. The van der Waals surface area contributed by atoms with Crippen LogP contribution in [0.1, 0.15) is 13.8 Å². The predicted molar refractivity (Wildman–Crippen MR) is 75.7 cm³/mol. The summed E-state index contributed by atoms with van der Waals surface area (Å²) in [6.45, 7) is 3.50. The van der Waals surface area contributed by atoms with Crippen molar-refractivity contribution in [3.05, 3.63) is 40.4 Å². The third-order valence-electron chi connectivity index (χ3n) is 2.95. The van der Waals surface area contributed by atoms with Crippen LogP contribution in [0.2, 0.25) is 0 Å². The van der Waals surface area contributed by atoms with Gasteiger partial charge in [-0.15, -0.1) is 0 Å². The van der Waals surface area contributed by atoms with Crippen LogP contribution in [0.25, 0.3) is 10.8 Å². The van der Waals surface area contributed by atoms with Gasteiger partial charge in [0, 0.05) is 28.4 Å². The lowest BCUT2D eigenvalue weighted by Gasteiger charge is -2.11. The molecule has 0 heterocycles. The summed E-state index contributed by atoms with van der Waals surface area (Å²) in [5, 5.41) is 24.3. The summed E-state index contributed by atoms with van der Waals surface area (Å²) in [4.78, 5) is 22.0. The van der Waals surface area contributed by atoms with E-state index in [1.807, 2.05) is 0 Å². The van der Waals surface area contributed by atoms with Gasteiger partial charge in [0.2, 0.25) is 5.91 Å². The number of nitrogens with one attached hydrogen (secondary N) is 1. The number of nitro benzene ring substituents is 1. The van der Waals surface area contributed by atoms with E-state index in [4.69, 9.17) is 0 Å². The van der Waals surface area contributed by atoms with Crippen molar-refractivity contribution >= 4 is 28.1 Å². The lowest BCUT2D eigenvalue weighted by molar-refractivity contribution is -0.384. The second-order valence-corrected chi connectivity index (χ2v) is 4.77. The van der Waals surface area contributed by atoms with E-state index in [0.29, 0.717) is 16.5 Å². The molecule has 0 fully saturated rings. The molecule has 104 valence electrons. The van der Waals surface area contributed by atoms with Crippen molar-refractivity contribution in [2.75, 3.05) is 5.32 Å². The van der Waals surface area contributed by atoms with Crippen LogP contribution < -0.4 is 5.32 Å². The Balaban J connectivity index is 2.60. The van der Waals surface area contributed by atoms with Crippen LogP contribution in [0.15, 0.2) is 30.3 Å². The quantitative estimate of drug-likeness (QED) is 0.664. The normalized spacial score (nSPS) is 10.8. The number of phenols is 1. The van der Waals surface area contributed by atoms with Crippen LogP contribution in [0.5, 0.6) is 5.75 Å². The highest BCUT2D eigenvalue weighted by Gasteiger charge is 2.15. The first-order valence-electron chi connectivity index (χ1n) is 6.11. The number of nitro groups is 1. The van der Waals surface area contributed by atoms with Gasteiger partial charge < -0.3 is 10.4 Å². The highest BCUT2D eigenvalue weighted by Crippen LogP contribution is 2.34. The van der Waals surface area contributed by atoms with Crippen molar-refractivity contribution < 1.29 is 14.8 Å². The van der Waals surface area contributed by atoms with Crippen molar-refractivity contribution in [3.8, 4) is 5.75 Å². The Morgan fingerprint density at radius 3 is 2.60 bits per heavy atom. The Hall–Kier alpha value is -2.63. The molecule has 0 saturated heterocycles. The highest BCUT2D eigenvalue weighted by atomic mass is 16.6. The van der Waals surface area contributed by atoms with Gasteiger partial charge in [-0.25, -0.2) is 0 Å². The molecule has 2 rings (SSSR count). The molecule has 0 aliphatic rings. The minimum absolute atomic E-state index is 0.185. The zero-order valence-electron chi connectivity index (χ0n) is 11.1. The Labute approximate surface area is 115 Å². The van der Waals surface area contributed by atoms with E-state index in [9.17, 15) is 20.0 Å². The monoisotopic (exact) mass is 274 g/mol. The van der Waals surface area contributed by atoms with E-state index in [0.717, 1.165) is 6.07 Å². The molecule has 0 radical (unpaired) electrons. The van der Waals surface area contributed by atoms with Gasteiger partial charge in [0.15, 0.2) is 0 Å². The maximum absolute atomic E-state index is 11.8. The number of aromatic hydroxyl groups is 1. The van der Waals surface area contributed by atoms with Crippen LogP contribution in [-0.4, -0.2) is 15.9 Å². The molecule has 0 aromatic heterocycles. The van der Waals surface area contributed by atoms with Crippen molar-refractivity contribution in [2.24, 2.45) is 5.92 Å². The first-order valence-corrected chi connectivity index (χ1v) is 6.11. The molecule has 6 nitrogen and oxygen atoms in total. The fourth-order valence-electron chi connectivity index (χ4n) is 1.84. The molecule has 20 heavy (non-hydrogen) atoms. The van der Waals surface area contributed by atoms with Gasteiger partial charge in [-0.05, 0) is 6.07 Å². The van der Waals surface area contributed by atoms with E-state index in [1.54, 1.807) is 32.0 Å². The lowest BCUT2D eigenvalue weighted by Crippen LogP contribution is -2.17. The average molecular weight is 274 g/mol. The number of fused-ring (bicyclic) bond motifs is 1. The van der Waals surface area contributed by atoms with Gasteiger partial charge in [-0.1, -0.05) is 26.0 Å². The van der Waals surface area contributed by atoms with Gasteiger partial charge in [-0.3, -0.25) is 14.9 Å². The molecule has 0 unspecified atom stereocenters. The van der Waals surface area contributed by atoms with Crippen LogP contribution in [-0.2, 0) is 4.79 Å². The van der Waals surface area contributed by atoms with Crippen LogP contribution in [0.3, 0.4) is 0 Å². The maximum Gasteiger partial charge on any atom is 0.273 e. The lowest BCUT2D eigenvalue weighted by atomic mass is 10.1. The second kappa shape index (κ2) is 5.16. The molecule has 1 amide bonds. The molecular formula is C14H14N2O4. The van der Waals surface area contributed by atoms with E-state index in [2.05, 4.69) is 5.32 Å². The molecule has 0 aliphatic heterocycles. The van der Waals surface area contributed by atoms with Crippen molar-refractivity contribution in [2.45, 2.75) is 13.8 Å². The number of hydrogen-bond acceptors (Lipinski definition) is 4. The molecule has 0 bridgehead atoms. The predicted octanol–water partition coefficient (Wildman–Crippen LogP) is 3.05. The summed E-state index contributed by atoms with van der Waals surface area (Å²) in [6, 6.07) is 7.39. The maximum atomic E-state index is 11.8. The van der Waals surface area contributed by atoms with Gasteiger partial charge in [0.25, 0.3) is 5.69 Å². The van der Waals surface area contributed by atoms with Gasteiger partial charge >= 0.3 is 0 Å². The smallest absolute Gasteiger partial charge is 0.273 e. The van der Waals surface area contributed by atoms with E-state index in [1.165, 1.54) is 6.07 Å². The zero-order valence-corrected chi connectivity index (χ0v) is 11.1. The average Bonchev–Trinajstić information content (AvgIpc) is 2.39. The van der Waals surface area contributed by atoms with Crippen LogP contribution in [0, 0.1) is 16.0 Å². The molecule has 6 heteroatoms. The number of hydrogen-bond donors (Lipinski definition) is 2. The number of amides is 1. The molecule has 0 aliphatic carbocycles. The van der Waals surface area contributed by atoms with Crippen LogP contribution >= 0.6 is 0 Å². The molecule has 0 spiro atoms. The Kier molecular flexibility index (Phi) is 3.56. The fourth-order valence-corrected chi connectivity index (χ4v) is 1.84. The fraction of sp³-hybridized carbons (Fsp3) is 0.214. The number of carbonyl (C=O) groups excluding carboxylic acids is 1. The summed E-state index contributed by atoms with van der Waals surface area (Å²) in [5.74, 6) is -0.587. The molecule has 0 atom stereocenters. The van der Waals surface area contributed by atoms with E-state index in [-0.39, 0.29) is 23.3 Å². The van der Waals surface area contributed by atoms with Crippen molar-refractivity contribution in [3.63, 3.8) is 0 Å². The summed E-state index contributed by atoms with van der Waals surface area (Å²) < 4.78 is 0. The SMILES string of the molecule is CC(C)C(=O)Nc1cccc2c(O)cc([N+](=O)[O-])cc12. The van der Waals surface area contributed by atoms with Crippen molar-refractivity contribution in [1.29, 1.82) is 0 Å². The number of phenolic OH excluding ortho intramolecular Hbond substituents is 1. The van der Waals surface area contributed by atoms with Gasteiger partial charge in [-0.2, -0.15) is 0 Å². The minimum atomic E-state index is -0.583. The Morgan fingerprint density at radius 2 is 2.00 bits per heavy atom. The van der Waals surface area contributed by atoms with Gasteiger partial charge in [0.05, 0.1) is 11.0 Å². The third-order valence-corrected chi connectivity index (χ3v) is 2.95. The number of non-ortho nitro benzene ring substituents is 1. The van der Waals surface area contributed by atoms with Gasteiger partial charge in [0.1, 0.15) is 5.75 Å². The third kappa shape index (κ3) is 2.54. The zero-order chi connectivity index (χ0) is 14.9. The number of anilines is 1. The minimum Gasteiger partial charge on any atom is -0.507 e. The number of rotatable bonds is 3. The van der Waals surface area contributed by atoms with E-state index < -0.39 is 4.92 Å². The first kappa shape index (κ1) is 13.8. The molecule has 2 aromatic rings. The summed E-state index contributed by atoms with van der Waals surface area (Å²) in [6.07, 6.45) is 0. The number of carbonyl (C=O) groups is 1.